The van der Waals surface area contributed by atoms with Gasteiger partial charge in [0.2, 0.25) is 15.9 Å². The minimum atomic E-state index is -3.96. The fourth-order valence-corrected chi connectivity index (χ4v) is 4.46. The van der Waals surface area contributed by atoms with Crippen LogP contribution in [0, 0.1) is 0 Å². The van der Waals surface area contributed by atoms with Crippen LogP contribution in [-0.2, 0) is 19.6 Å². The molecule has 0 unspecified atom stereocenters. The molecule has 1 amide bonds. The first kappa shape index (κ1) is 21.9. The summed E-state index contributed by atoms with van der Waals surface area (Å²) < 4.78 is 37.9. The Morgan fingerprint density at radius 2 is 2.07 bits per heavy atom. The number of rotatable bonds is 9. The van der Waals surface area contributed by atoms with Gasteiger partial charge < -0.3 is 19.7 Å². The number of methoxy groups -OCH3 is 1. The Labute approximate surface area is 165 Å². The molecule has 8 nitrogen and oxygen atoms in total. The van der Waals surface area contributed by atoms with Crippen molar-refractivity contribution in [2.24, 2.45) is 0 Å². The van der Waals surface area contributed by atoms with Gasteiger partial charge in [-0.05, 0) is 25.1 Å². The Kier molecular flexibility index (Phi) is 8.30. The summed E-state index contributed by atoms with van der Waals surface area (Å²) in [5.74, 6) is -0.218. The molecule has 1 heterocycles. The molecule has 1 aliphatic heterocycles. The number of carbonyl (C=O) groups is 1. The molecule has 0 aliphatic carbocycles. The summed E-state index contributed by atoms with van der Waals surface area (Å²) >= 11 is 5.89. The van der Waals surface area contributed by atoms with Gasteiger partial charge in [-0.25, -0.2) is 8.42 Å². The highest BCUT2D eigenvalue weighted by Crippen LogP contribution is 2.26. The summed E-state index contributed by atoms with van der Waals surface area (Å²) in [5, 5.41) is 3.03. The number of sulfonamides is 1. The predicted octanol–water partition coefficient (Wildman–Crippen LogP) is -0.563. The Balaban J connectivity index is 1.84. The van der Waals surface area contributed by atoms with Crippen LogP contribution in [0.4, 0.5) is 0 Å². The maximum Gasteiger partial charge on any atom is 0.245 e. The molecule has 1 atom stereocenters. The first-order valence-corrected chi connectivity index (χ1v) is 10.7. The molecule has 1 aromatic carbocycles. The van der Waals surface area contributed by atoms with E-state index in [1.54, 1.807) is 0 Å². The van der Waals surface area contributed by atoms with Crippen molar-refractivity contribution in [3.05, 3.63) is 23.2 Å². The van der Waals surface area contributed by atoms with Gasteiger partial charge in [0, 0.05) is 18.0 Å². The quantitative estimate of drug-likeness (QED) is 0.465. The van der Waals surface area contributed by atoms with Crippen LogP contribution < -0.4 is 19.7 Å². The average molecular weight is 421 g/mol. The van der Waals surface area contributed by atoms with Crippen molar-refractivity contribution < 1.29 is 27.6 Å². The number of carbonyl (C=O) groups excluding carboxylic acids is 1. The second-order valence-corrected chi connectivity index (χ2v) is 8.51. The van der Waals surface area contributed by atoms with Gasteiger partial charge in [-0.3, -0.25) is 4.79 Å². The minimum Gasteiger partial charge on any atom is -0.495 e. The first-order chi connectivity index (χ1) is 12.8. The van der Waals surface area contributed by atoms with Crippen molar-refractivity contribution in [2.45, 2.75) is 24.3 Å². The molecule has 0 spiro atoms. The van der Waals surface area contributed by atoms with E-state index in [2.05, 4.69) is 10.0 Å². The number of ether oxygens (including phenoxy) is 2. The van der Waals surface area contributed by atoms with Gasteiger partial charge in [-0.15, -0.1) is 0 Å². The molecule has 2 rings (SSSR count). The van der Waals surface area contributed by atoms with Crippen molar-refractivity contribution in [2.75, 3.05) is 46.5 Å². The lowest BCUT2D eigenvalue weighted by Crippen LogP contribution is -3.14. The minimum absolute atomic E-state index is 0.104. The van der Waals surface area contributed by atoms with E-state index in [0.717, 1.165) is 39.3 Å². The van der Waals surface area contributed by atoms with Gasteiger partial charge in [0.05, 0.1) is 32.9 Å². The number of hydrogen-bond donors (Lipinski definition) is 3. The molecular formula is C17H27ClN3O5S+. The third kappa shape index (κ3) is 6.62. The Morgan fingerprint density at radius 3 is 2.74 bits per heavy atom. The van der Waals surface area contributed by atoms with E-state index < -0.39 is 16.1 Å². The first-order valence-electron chi connectivity index (χ1n) is 8.88. The zero-order chi connectivity index (χ0) is 19.9. The van der Waals surface area contributed by atoms with E-state index >= 15 is 0 Å². The summed E-state index contributed by atoms with van der Waals surface area (Å²) in [5.41, 5.74) is 0. The largest absolute Gasteiger partial charge is 0.495 e. The Morgan fingerprint density at radius 1 is 1.37 bits per heavy atom. The van der Waals surface area contributed by atoms with Crippen molar-refractivity contribution in [3.63, 3.8) is 0 Å². The molecule has 152 valence electrons. The summed E-state index contributed by atoms with van der Waals surface area (Å²) in [6.07, 6.45) is 0.822. The maximum atomic E-state index is 12.6. The van der Waals surface area contributed by atoms with Crippen LogP contribution in [0.25, 0.3) is 0 Å². The smallest absolute Gasteiger partial charge is 0.245 e. The molecule has 1 aromatic rings. The second kappa shape index (κ2) is 10.2. The molecule has 10 heteroatoms. The average Bonchev–Trinajstić information content (AvgIpc) is 2.65. The predicted molar refractivity (Wildman–Crippen MR) is 102 cm³/mol. The Hall–Kier alpha value is -1.39. The number of quaternary nitrogens is 1. The monoisotopic (exact) mass is 420 g/mol. The lowest BCUT2D eigenvalue weighted by Gasteiger charge is -2.23. The Bertz CT molecular complexity index is 738. The molecule has 3 N–H and O–H groups in total. The van der Waals surface area contributed by atoms with Crippen LogP contribution in [-0.4, -0.2) is 66.9 Å². The van der Waals surface area contributed by atoms with Gasteiger partial charge in [0.1, 0.15) is 23.7 Å². The molecule has 0 bridgehead atoms. The van der Waals surface area contributed by atoms with Gasteiger partial charge in [-0.1, -0.05) is 11.6 Å². The highest BCUT2D eigenvalue weighted by Gasteiger charge is 2.25. The molecule has 1 saturated heterocycles. The molecule has 27 heavy (non-hydrogen) atoms. The molecule has 1 fully saturated rings. The van der Waals surface area contributed by atoms with Crippen LogP contribution in [0.3, 0.4) is 0 Å². The van der Waals surface area contributed by atoms with Gasteiger partial charge in [-0.2, -0.15) is 4.72 Å². The second-order valence-electron chi connectivity index (χ2n) is 6.40. The fourth-order valence-electron chi connectivity index (χ4n) is 2.82. The van der Waals surface area contributed by atoms with Crippen LogP contribution in [0.5, 0.6) is 5.75 Å². The number of nitrogens with one attached hydrogen (secondary N) is 3. The summed E-state index contributed by atoms with van der Waals surface area (Å²) in [6, 6.07) is 3.37. The molecule has 0 radical (unpaired) electrons. The zero-order valence-corrected chi connectivity index (χ0v) is 17.2. The lowest BCUT2D eigenvalue weighted by molar-refractivity contribution is -0.908. The molecule has 0 aromatic heterocycles. The number of halogens is 1. The third-order valence-electron chi connectivity index (χ3n) is 4.35. The summed E-state index contributed by atoms with van der Waals surface area (Å²) in [7, 11) is -2.59. The lowest BCUT2D eigenvalue weighted by atomic mass is 10.3. The number of benzene rings is 1. The molecule has 0 saturated carbocycles. The number of morpholine rings is 1. The van der Waals surface area contributed by atoms with E-state index in [4.69, 9.17) is 21.1 Å². The third-order valence-corrected chi connectivity index (χ3v) is 6.14. The van der Waals surface area contributed by atoms with E-state index in [9.17, 15) is 13.2 Å². The van der Waals surface area contributed by atoms with E-state index in [-0.39, 0.29) is 21.6 Å². The van der Waals surface area contributed by atoms with E-state index in [1.807, 2.05) is 0 Å². The van der Waals surface area contributed by atoms with Crippen molar-refractivity contribution >= 4 is 27.5 Å². The standard InChI is InChI=1S/C17H26ClN3O5S/c1-13(17(22)19-6-3-7-21-8-10-26-11-9-21)20-27(23,24)16-12-14(18)4-5-15(16)25-2/h4-5,12-13,20H,3,6-11H2,1-2H3,(H,19,22)/p+1/t13-/m0/s1. The summed E-state index contributed by atoms with van der Waals surface area (Å²) in [4.78, 5) is 13.6. The topological polar surface area (TPSA) is 98.2 Å². The highest BCUT2D eigenvalue weighted by molar-refractivity contribution is 7.89. The maximum absolute atomic E-state index is 12.6. The zero-order valence-electron chi connectivity index (χ0n) is 15.6. The normalized spacial score (nSPS) is 16.7. The van der Waals surface area contributed by atoms with Crippen LogP contribution in [0.15, 0.2) is 23.1 Å². The van der Waals surface area contributed by atoms with Gasteiger partial charge >= 0.3 is 0 Å². The van der Waals surface area contributed by atoms with E-state index in [0.29, 0.717) is 6.54 Å². The fraction of sp³-hybridized carbons (Fsp3) is 0.588. The van der Waals surface area contributed by atoms with Crippen LogP contribution >= 0.6 is 11.6 Å². The van der Waals surface area contributed by atoms with Crippen LogP contribution in [0.2, 0.25) is 5.02 Å². The van der Waals surface area contributed by atoms with Gasteiger partial charge in [0.15, 0.2) is 0 Å². The van der Waals surface area contributed by atoms with Crippen molar-refractivity contribution in [1.82, 2.24) is 10.0 Å². The van der Waals surface area contributed by atoms with Crippen LogP contribution in [0.1, 0.15) is 13.3 Å². The highest BCUT2D eigenvalue weighted by atomic mass is 35.5. The van der Waals surface area contributed by atoms with Gasteiger partial charge in [0.25, 0.3) is 0 Å². The van der Waals surface area contributed by atoms with E-state index in [1.165, 1.54) is 37.1 Å². The van der Waals surface area contributed by atoms with Crippen molar-refractivity contribution in [1.29, 1.82) is 0 Å². The number of amides is 1. The SMILES string of the molecule is COc1ccc(Cl)cc1S(=O)(=O)N[C@@H](C)C(=O)NCCC[NH+]1CCOCC1. The summed E-state index contributed by atoms with van der Waals surface area (Å²) in [6.45, 7) is 6.44. The number of hydrogen-bond acceptors (Lipinski definition) is 5. The van der Waals surface area contributed by atoms with Crippen molar-refractivity contribution in [3.8, 4) is 5.75 Å². The molecular weight excluding hydrogens is 394 g/mol. The molecule has 1 aliphatic rings.